The van der Waals surface area contributed by atoms with Gasteiger partial charge < -0.3 is 15.4 Å². The van der Waals surface area contributed by atoms with Crippen molar-refractivity contribution in [3.05, 3.63) is 30.3 Å². The molecule has 1 aliphatic carbocycles. The summed E-state index contributed by atoms with van der Waals surface area (Å²) in [7, 11) is 1.77. The van der Waals surface area contributed by atoms with Crippen molar-refractivity contribution in [2.45, 2.75) is 24.5 Å². The van der Waals surface area contributed by atoms with Gasteiger partial charge in [0.1, 0.15) is 0 Å². The molecule has 0 saturated heterocycles. The Bertz CT molecular complexity index is 437. The van der Waals surface area contributed by atoms with E-state index in [0.29, 0.717) is 12.1 Å². The van der Waals surface area contributed by atoms with Crippen molar-refractivity contribution in [1.29, 1.82) is 0 Å². The number of aliphatic imine (C=N–C) groups is 1. The Kier molecular flexibility index (Phi) is 2.33. The molecule has 17 heavy (non-hydrogen) atoms. The molecule has 3 rings (SSSR count). The molecule has 0 aromatic heterocycles. The van der Waals surface area contributed by atoms with Gasteiger partial charge in [0.2, 0.25) is 0 Å². The van der Waals surface area contributed by atoms with Crippen molar-refractivity contribution in [2.75, 3.05) is 18.6 Å². The van der Waals surface area contributed by atoms with Gasteiger partial charge >= 0.3 is 0 Å². The lowest BCUT2D eigenvalue weighted by atomic mass is 9.73. The van der Waals surface area contributed by atoms with E-state index in [1.54, 1.807) is 7.11 Å². The van der Waals surface area contributed by atoms with E-state index in [-0.39, 0.29) is 5.54 Å². The quantitative estimate of drug-likeness (QED) is 0.836. The van der Waals surface area contributed by atoms with Crippen LogP contribution >= 0.6 is 0 Å². The highest BCUT2D eigenvalue weighted by Crippen LogP contribution is 2.44. The van der Waals surface area contributed by atoms with Crippen LogP contribution in [0.4, 0.5) is 5.69 Å². The summed E-state index contributed by atoms with van der Waals surface area (Å²) in [5, 5.41) is 0. The van der Waals surface area contributed by atoms with Crippen LogP contribution in [0.5, 0.6) is 0 Å². The number of hydrogen-bond acceptors (Lipinski definition) is 4. The van der Waals surface area contributed by atoms with Crippen molar-refractivity contribution >= 4 is 11.6 Å². The molecule has 4 heteroatoms. The molecule has 1 heterocycles. The van der Waals surface area contributed by atoms with Crippen LogP contribution in [0, 0.1) is 0 Å². The largest absolute Gasteiger partial charge is 0.381 e. The average molecular weight is 231 g/mol. The monoisotopic (exact) mass is 231 g/mol. The van der Waals surface area contributed by atoms with Crippen LogP contribution < -0.4 is 10.6 Å². The van der Waals surface area contributed by atoms with Gasteiger partial charge in [-0.3, -0.25) is 4.99 Å². The van der Waals surface area contributed by atoms with Crippen molar-refractivity contribution < 1.29 is 4.74 Å². The predicted molar refractivity (Wildman–Crippen MR) is 68.2 cm³/mol. The van der Waals surface area contributed by atoms with Crippen LogP contribution in [-0.2, 0) is 4.74 Å². The summed E-state index contributed by atoms with van der Waals surface area (Å²) >= 11 is 0. The van der Waals surface area contributed by atoms with E-state index in [2.05, 4.69) is 22.0 Å². The summed E-state index contributed by atoms with van der Waals surface area (Å²) in [5.74, 6) is 0.630. The zero-order valence-corrected chi connectivity index (χ0v) is 9.97. The first kappa shape index (κ1) is 10.6. The summed E-state index contributed by atoms with van der Waals surface area (Å²) in [6, 6.07) is 10.2. The maximum atomic E-state index is 6.02. The van der Waals surface area contributed by atoms with E-state index < -0.39 is 0 Å². The number of methoxy groups -OCH3 is 1. The molecular formula is C13H17N3O. The predicted octanol–water partition coefficient (Wildman–Crippen LogP) is 1.37. The molecule has 4 nitrogen and oxygen atoms in total. The van der Waals surface area contributed by atoms with Crippen LogP contribution in [0.1, 0.15) is 12.8 Å². The first-order valence-corrected chi connectivity index (χ1v) is 5.93. The van der Waals surface area contributed by atoms with E-state index >= 15 is 0 Å². The fourth-order valence-electron chi connectivity index (χ4n) is 2.86. The van der Waals surface area contributed by atoms with Gasteiger partial charge in [-0.15, -0.1) is 0 Å². The van der Waals surface area contributed by atoms with Gasteiger partial charge in [0, 0.05) is 12.8 Å². The highest BCUT2D eigenvalue weighted by atomic mass is 16.5. The molecule has 1 aliphatic heterocycles. The standard InChI is InChI=1S/C13H17N3O/c1-17-11-7-13(8-11)9-15-12(14)16(13)10-5-3-2-4-6-10/h2-6,11H,7-9H2,1H3,(H2,14,15). The third-order valence-electron chi connectivity index (χ3n) is 3.80. The molecule has 1 saturated carbocycles. The highest BCUT2D eigenvalue weighted by molar-refractivity contribution is 5.98. The van der Waals surface area contributed by atoms with E-state index in [0.717, 1.165) is 25.1 Å². The van der Waals surface area contributed by atoms with Gasteiger partial charge in [-0.1, -0.05) is 18.2 Å². The van der Waals surface area contributed by atoms with Gasteiger partial charge in [0.15, 0.2) is 5.96 Å². The third-order valence-corrected chi connectivity index (χ3v) is 3.80. The van der Waals surface area contributed by atoms with Crippen LogP contribution in [0.25, 0.3) is 0 Å². The number of para-hydroxylation sites is 1. The number of hydrogen-bond donors (Lipinski definition) is 1. The zero-order chi connectivity index (χ0) is 11.9. The summed E-state index contributed by atoms with van der Waals surface area (Å²) in [4.78, 5) is 6.57. The number of anilines is 1. The Balaban J connectivity index is 1.89. The third kappa shape index (κ3) is 1.52. The maximum Gasteiger partial charge on any atom is 0.196 e. The van der Waals surface area contributed by atoms with Crippen LogP contribution in [0.15, 0.2) is 35.3 Å². The second kappa shape index (κ2) is 3.74. The van der Waals surface area contributed by atoms with Crippen molar-refractivity contribution in [1.82, 2.24) is 0 Å². The number of benzene rings is 1. The minimum atomic E-state index is 0.0616. The molecule has 0 unspecified atom stereocenters. The molecule has 1 fully saturated rings. The fraction of sp³-hybridized carbons (Fsp3) is 0.462. The maximum absolute atomic E-state index is 6.02. The van der Waals surface area contributed by atoms with Gasteiger partial charge in [-0.2, -0.15) is 0 Å². The molecule has 1 spiro atoms. The lowest BCUT2D eigenvalue weighted by Gasteiger charge is -2.50. The lowest BCUT2D eigenvalue weighted by molar-refractivity contribution is -0.00652. The van der Waals surface area contributed by atoms with E-state index in [4.69, 9.17) is 10.5 Å². The smallest absolute Gasteiger partial charge is 0.196 e. The van der Waals surface area contributed by atoms with Gasteiger partial charge in [0.25, 0.3) is 0 Å². The number of rotatable bonds is 2. The lowest BCUT2D eigenvalue weighted by Crippen LogP contribution is -2.61. The van der Waals surface area contributed by atoms with Crippen LogP contribution in [-0.4, -0.2) is 31.3 Å². The van der Waals surface area contributed by atoms with Crippen molar-refractivity contribution in [3.63, 3.8) is 0 Å². The Hall–Kier alpha value is -1.55. The Morgan fingerprint density at radius 1 is 1.35 bits per heavy atom. The average Bonchev–Trinajstić information content (AvgIpc) is 2.66. The van der Waals surface area contributed by atoms with Crippen molar-refractivity contribution in [2.24, 2.45) is 10.7 Å². The molecular weight excluding hydrogens is 214 g/mol. The van der Waals surface area contributed by atoms with E-state index in [9.17, 15) is 0 Å². The number of guanidine groups is 1. The second-order valence-electron chi connectivity index (χ2n) is 4.84. The SMILES string of the molecule is COC1CC2(CN=C(N)N2c2ccccc2)C1. The molecule has 2 N–H and O–H groups in total. The molecule has 1 aromatic carbocycles. The van der Waals surface area contributed by atoms with E-state index in [1.165, 1.54) is 0 Å². The molecule has 1 aromatic rings. The number of nitrogens with two attached hydrogens (primary N) is 1. The molecule has 90 valence electrons. The topological polar surface area (TPSA) is 50.9 Å². The minimum absolute atomic E-state index is 0.0616. The Morgan fingerprint density at radius 3 is 2.71 bits per heavy atom. The fourth-order valence-corrected chi connectivity index (χ4v) is 2.86. The molecule has 0 radical (unpaired) electrons. The molecule has 2 aliphatic rings. The Morgan fingerprint density at radius 2 is 2.06 bits per heavy atom. The first-order chi connectivity index (χ1) is 8.25. The number of nitrogens with zero attached hydrogens (tertiary/aromatic N) is 2. The van der Waals surface area contributed by atoms with Crippen LogP contribution in [0.2, 0.25) is 0 Å². The van der Waals surface area contributed by atoms with Gasteiger partial charge in [0.05, 0.1) is 18.2 Å². The number of ether oxygens (including phenoxy) is 1. The molecule has 0 bridgehead atoms. The normalized spacial score (nSPS) is 31.5. The molecule has 0 atom stereocenters. The van der Waals surface area contributed by atoms with Crippen molar-refractivity contribution in [3.8, 4) is 0 Å². The molecule has 0 amide bonds. The summed E-state index contributed by atoms with van der Waals surface area (Å²) in [6.45, 7) is 0.785. The van der Waals surface area contributed by atoms with Gasteiger partial charge in [-0.25, -0.2) is 0 Å². The second-order valence-corrected chi connectivity index (χ2v) is 4.84. The summed E-state index contributed by atoms with van der Waals surface area (Å²) in [6.07, 6.45) is 2.35. The summed E-state index contributed by atoms with van der Waals surface area (Å²) < 4.78 is 5.37. The zero-order valence-electron chi connectivity index (χ0n) is 9.97. The summed E-state index contributed by atoms with van der Waals surface area (Å²) in [5.41, 5.74) is 7.21. The Labute approximate surface area is 101 Å². The minimum Gasteiger partial charge on any atom is -0.381 e. The van der Waals surface area contributed by atoms with Crippen LogP contribution in [0.3, 0.4) is 0 Å². The van der Waals surface area contributed by atoms with Gasteiger partial charge in [-0.05, 0) is 25.0 Å². The first-order valence-electron chi connectivity index (χ1n) is 5.93. The highest BCUT2D eigenvalue weighted by Gasteiger charge is 2.52. The van der Waals surface area contributed by atoms with E-state index in [1.807, 2.05) is 18.2 Å².